The van der Waals surface area contributed by atoms with Gasteiger partial charge in [0, 0.05) is 25.7 Å². The molecule has 1 N–H and O–H groups in total. The van der Waals surface area contributed by atoms with E-state index in [1.165, 1.54) is 0 Å². The molecule has 2 nitrogen and oxygen atoms in total. The largest absolute Gasteiger partial charge is 1.00 e. The van der Waals surface area contributed by atoms with Crippen LogP contribution in [0.2, 0.25) is 0 Å². The summed E-state index contributed by atoms with van der Waals surface area (Å²) in [5.41, 5.74) is 0. The van der Waals surface area contributed by atoms with Crippen LogP contribution in [0, 0.1) is 0 Å². The molecule has 0 amide bonds. The maximum Gasteiger partial charge on any atom is 1.00 e. The average Bonchev–Trinajstić information content (AvgIpc) is 2.04. The van der Waals surface area contributed by atoms with E-state index in [-0.39, 0.29) is 109 Å². The third-order valence-corrected chi connectivity index (χ3v) is 2.76. The third-order valence-electron chi connectivity index (χ3n) is 1.75. The molecule has 1 aliphatic heterocycles. The Hall–Kier alpha value is 3.65. The molecule has 0 aromatic rings. The summed E-state index contributed by atoms with van der Waals surface area (Å²) in [6.45, 7) is 2.47. The van der Waals surface area contributed by atoms with Gasteiger partial charge >= 0.3 is 103 Å². The second-order valence-corrected chi connectivity index (χ2v) is 4.67. The van der Waals surface area contributed by atoms with E-state index < -0.39 is 0 Å². The van der Waals surface area contributed by atoms with Crippen molar-refractivity contribution in [2.24, 2.45) is 0 Å². The maximum absolute atomic E-state index is 4.94. The van der Waals surface area contributed by atoms with E-state index in [9.17, 15) is 0 Å². The van der Waals surface area contributed by atoms with Crippen molar-refractivity contribution in [3.8, 4) is 0 Å². The van der Waals surface area contributed by atoms with Crippen LogP contribution in [0.5, 0.6) is 0 Å². The van der Waals surface area contributed by atoms with Crippen LogP contribution in [-0.2, 0) is 25.3 Å². The Balaban J connectivity index is 0. The Kier molecular flexibility index (Phi) is 15.1. The molecule has 68 valence electrons. The second-order valence-electron chi connectivity index (χ2n) is 2.50. The molecule has 0 aromatic carbocycles. The maximum atomic E-state index is 4.94. The summed E-state index contributed by atoms with van der Waals surface area (Å²) >= 11 is 19.7. The summed E-state index contributed by atoms with van der Waals surface area (Å²) in [7, 11) is 0. The first-order chi connectivity index (χ1) is 5.63. The number of nitrogens with zero attached hydrogens (tertiary/aromatic N) is 1. The summed E-state index contributed by atoms with van der Waals surface area (Å²) in [4.78, 5) is 1.91. The summed E-state index contributed by atoms with van der Waals surface area (Å²) in [6, 6.07) is 0.0359. The molecule has 1 heterocycles. The van der Waals surface area contributed by atoms with Crippen molar-refractivity contribution in [2.75, 3.05) is 19.6 Å². The Morgan fingerprint density at radius 2 is 1.86 bits per heavy atom. The van der Waals surface area contributed by atoms with E-state index in [1.807, 2.05) is 4.90 Å². The zero-order valence-electron chi connectivity index (χ0n) is 8.28. The molecule has 1 aliphatic rings. The molecule has 1 rings (SSSR count). The fourth-order valence-electron chi connectivity index (χ4n) is 1.13. The fraction of sp³-hybridized carbons (Fsp3) is 0.667. The van der Waals surface area contributed by atoms with Crippen molar-refractivity contribution in [3.63, 3.8) is 0 Å². The predicted molar refractivity (Wildman–Crippen MR) is 63.3 cm³/mol. The van der Waals surface area contributed by atoms with Crippen LogP contribution in [0.25, 0.3) is 0 Å². The minimum absolute atomic E-state index is 0. The van der Waals surface area contributed by atoms with E-state index in [4.69, 9.17) is 49.7 Å². The molecule has 0 aromatic heterocycles. The third kappa shape index (κ3) is 6.55. The van der Waals surface area contributed by atoms with Crippen LogP contribution in [-0.4, -0.2) is 39.1 Å². The molecule has 1 fully saturated rings. The van der Waals surface area contributed by atoms with Crippen LogP contribution in [0.3, 0.4) is 0 Å². The number of thiocarbonyl (C=S) groups is 2. The molecule has 0 aliphatic carbocycles. The first-order valence-electron chi connectivity index (χ1n) is 3.52. The van der Waals surface area contributed by atoms with E-state index in [0.717, 1.165) is 19.6 Å². The molecular formula is C6H8K2N2S4. The summed E-state index contributed by atoms with van der Waals surface area (Å²) < 4.78 is 1.00. The van der Waals surface area contributed by atoms with Gasteiger partial charge in [0.2, 0.25) is 0 Å². The first-order valence-corrected chi connectivity index (χ1v) is 5.15. The Morgan fingerprint density at radius 3 is 2.21 bits per heavy atom. The predicted octanol–water partition coefficient (Wildman–Crippen LogP) is -6.03. The SMILES string of the molecule is S=C([S-])C1CNCCN1C(=S)[S-].[K+].[K+]. The van der Waals surface area contributed by atoms with Crippen LogP contribution >= 0.6 is 24.4 Å². The van der Waals surface area contributed by atoms with Gasteiger partial charge in [0.1, 0.15) is 0 Å². The molecule has 0 radical (unpaired) electrons. The Labute approximate surface area is 192 Å². The number of nitrogens with one attached hydrogen (secondary N) is 1. The standard InChI is InChI=1S/C6H10N2S4.2K/c9-5(10)4-3-7-1-2-8(4)6(11)12;;/h4,7H,1-3H2,(H,9,10)(H,11,12);;/q;2*+1/p-2. The Bertz CT molecular complexity index is 192. The van der Waals surface area contributed by atoms with Crippen molar-refractivity contribution in [1.29, 1.82) is 0 Å². The van der Waals surface area contributed by atoms with Crippen molar-refractivity contribution in [1.82, 2.24) is 10.2 Å². The summed E-state index contributed by atoms with van der Waals surface area (Å²) in [6.07, 6.45) is 0. The van der Waals surface area contributed by atoms with Gasteiger partial charge in [-0.1, -0.05) is 4.32 Å². The van der Waals surface area contributed by atoms with Crippen LogP contribution in [0.1, 0.15) is 0 Å². The topological polar surface area (TPSA) is 15.3 Å². The molecule has 14 heavy (non-hydrogen) atoms. The first kappa shape index (κ1) is 20.0. The number of rotatable bonds is 1. The van der Waals surface area contributed by atoms with Gasteiger partial charge in [0.15, 0.2) is 0 Å². The normalized spacial score (nSPS) is 20.3. The van der Waals surface area contributed by atoms with E-state index in [0.29, 0.717) is 8.52 Å². The molecule has 8 heteroatoms. The van der Waals surface area contributed by atoms with Crippen molar-refractivity contribution in [3.05, 3.63) is 0 Å². The van der Waals surface area contributed by atoms with Crippen LogP contribution in [0.15, 0.2) is 0 Å². The van der Waals surface area contributed by atoms with Crippen LogP contribution in [0.4, 0.5) is 0 Å². The number of hydrogen-bond donors (Lipinski definition) is 1. The average molecular weight is 315 g/mol. The van der Waals surface area contributed by atoms with E-state index in [1.54, 1.807) is 0 Å². The van der Waals surface area contributed by atoms with Crippen molar-refractivity contribution in [2.45, 2.75) is 6.04 Å². The number of piperazine rings is 1. The van der Waals surface area contributed by atoms with Gasteiger partial charge in [-0.05, 0) is 0 Å². The van der Waals surface area contributed by atoms with Gasteiger partial charge in [-0.15, -0.1) is 4.20 Å². The second kappa shape index (κ2) is 10.6. The van der Waals surface area contributed by atoms with Crippen molar-refractivity contribution < 1.29 is 103 Å². The number of hydrogen-bond acceptors (Lipinski definition) is 5. The fourth-order valence-corrected chi connectivity index (χ4v) is 1.99. The molecule has 0 saturated carbocycles. The molecule has 1 unspecified atom stereocenters. The summed E-state index contributed by atoms with van der Waals surface area (Å²) in [5, 5.41) is 3.20. The zero-order valence-corrected chi connectivity index (χ0v) is 17.8. The molecule has 0 spiro atoms. The van der Waals surface area contributed by atoms with Gasteiger partial charge < -0.3 is 59.9 Å². The van der Waals surface area contributed by atoms with Gasteiger partial charge in [-0.3, -0.25) is 0 Å². The smallest absolute Gasteiger partial charge is 0.431 e. The molecule has 0 bridgehead atoms. The van der Waals surface area contributed by atoms with Gasteiger partial charge in [-0.2, -0.15) is 0 Å². The molecule has 1 saturated heterocycles. The van der Waals surface area contributed by atoms with Crippen molar-refractivity contribution >= 4 is 58.2 Å². The quantitative estimate of drug-likeness (QED) is 0.292. The van der Waals surface area contributed by atoms with Crippen LogP contribution < -0.4 is 108 Å². The minimum atomic E-state index is 0. The van der Waals surface area contributed by atoms with Gasteiger partial charge in [-0.25, -0.2) is 0 Å². The zero-order chi connectivity index (χ0) is 9.14. The van der Waals surface area contributed by atoms with Gasteiger partial charge in [0.05, 0.1) is 0 Å². The van der Waals surface area contributed by atoms with Gasteiger partial charge in [0.25, 0.3) is 0 Å². The summed E-state index contributed by atoms with van der Waals surface area (Å²) in [5.74, 6) is 0. The monoisotopic (exact) mass is 314 g/mol. The molecule has 1 atom stereocenters. The van der Waals surface area contributed by atoms with E-state index in [2.05, 4.69) is 5.32 Å². The molecular weight excluding hydrogens is 307 g/mol. The Morgan fingerprint density at radius 1 is 1.29 bits per heavy atom. The van der Waals surface area contributed by atoms with E-state index >= 15 is 0 Å². The minimum Gasteiger partial charge on any atom is -0.431 e.